The molecule has 1 N–H and O–H groups in total. The van der Waals surface area contributed by atoms with Crippen molar-refractivity contribution in [2.24, 2.45) is 5.41 Å². The quantitative estimate of drug-likeness (QED) is 0.798. The lowest BCUT2D eigenvalue weighted by atomic mass is 9.80. The Morgan fingerprint density at radius 3 is 2.09 bits per heavy atom. The third-order valence-corrected chi connectivity index (χ3v) is 3.90. The molecule has 0 radical (unpaired) electrons. The number of nitrogens with one attached hydrogen (secondary N) is 1. The Kier molecular flexibility index (Phi) is 6.47. The van der Waals surface area contributed by atoms with Crippen LogP contribution in [0.5, 0.6) is 0 Å². The maximum absolute atomic E-state index is 13.7. The largest absolute Gasteiger partial charge is 0.416 e. The van der Waals surface area contributed by atoms with Crippen molar-refractivity contribution in [1.82, 2.24) is 10.2 Å². The summed E-state index contributed by atoms with van der Waals surface area (Å²) >= 11 is 0. The fourth-order valence-electron chi connectivity index (χ4n) is 3.13. The van der Waals surface area contributed by atoms with E-state index in [1.165, 1.54) is 6.07 Å². The van der Waals surface area contributed by atoms with Crippen LogP contribution in [0.3, 0.4) is 0 Å². The molecule has 1 saturated heterocycles. The molecule has 0 bridgehead atoms. The SMILES string of the molecule is CC(C)(C)[C@@H](c1cc(F)cc(C(F)(F)F)c1)N1CCNCC1.Cl. The highest BCUT2D eigenvalue weighted by atomic mass is 35.5. The number of halogens is 5. The Balaban J connectivity index is 0.00000264. The Labute approximate surface area is 140 Å². The molecule has 1 atom stereocenters. The minimum absolute atomic E-state index is 0. The number of piperazine rings is 1. The van der Waals surface area contributed by atoms with Gasteiger partial charge >= 0.3 is 6.18 Å². The van der Waals surface area contributed by atoms with E-state index in [-0.39, 0.29) is 23.9 Å². The summed E-state index contributed by atoms with van der Waals surface area (Å²) in [5.74, 6) is -0.839. The van der Waals surface area contributed by atoms with Crippen molar-refractivity contribution in [3.05, 3.63) is 35.1 Å². The zero-order valence-electron chi connectivity index (χ0n) is 13.5. The van der Waals surface area contributed by atoms with Gasteiger partial charge < -0.3 is 5.32 Å². The molecule has 0 spiro atoms. The highest BCUT2D eigenvalue weighted by molar-refractivity contribution is 5.85. The third kappa shape index (κ3) is 5.06. The fraction of sp³-hybridized carbons (Fsp3) is 0.625. The standard InChI is InChI=1S/C16H22F4N2.ClH/c1-15(2,3)14(22-6-4-21-5-7-22)11-8-12(16(18,19)20)10-13(17)9-11;/h8-10,14,21H,4-7H2,1-3H3;1H/t14-;/m1./s1. The van der Waals surface area contributed by atoms with Gasteiger partial charge in [-0.2, -0.15) is 13.2 Å². The first-order valence-corrected chi connectivity index (χ1v) is 7.41. The van der Waals surface area contributed by atoms with Crippen LogP contribution in [-0.4, -0.2) is 31.1 Å². The average molecular weight is 355 g/mol. The van der Waals surface area contributed by atoms with Crippen molar-refractivity contribution < 1.29 is 17.6 Å². The molecule has 1 aromatic rings. The highest BCUT2D eigenvalue weighted by Gasteiger charge is 2.36. The summed E-state index contributed by atoms with van der Waals surface area (Å²) in [5.41, 5.74) is -0.831. The Hall–Kier alpha value is -0.850. The van der Waals surface area contributed by atoms with Gasteiger partial charge in [0.25, 0.3) is 0 Å². The summed E-state index contributed by atoms with van der Waals surface area (Å²) < 4.78 is 52.6. The van der Waals surface area contributed by atoms with Gasteiger partial charge in [0.1, 0.15) is 5.82 Å². The van der Waals surface area contributed by atoms with Crippen LogP contribution < -0.4 is 5.32 Å². The van der Waals surface area contributed by atoms with E-state index in [0.717, 1.165) is 32.2 Å². The van der Waals surface area contributed by atoms with Gasteiger partial charge in [0.15, 0.2) is 0 Å². The summed E-state index contributed by atoms with van der Waals surface area (Å²) in [6, 6.07) is 2.61. The zero-order chi connectivity index (χ0) is 16.5. The Morgan fingerprint density at radius 1 is 1.04 bits per heavy atom. The van der Waals surface area contributed by atoms with Gasteiger partial charge in [0.2, 0.25) is 0 Å². The second kappa shape index (κ2) is 7.36. The topological polar surface area (TPSA) is 15.3 Å². The Bertz CT molecular complexity index is 520. The van der Waals surface area contributed by atoms with Crippen LogP contribution in [0.15, 0.2) is 18.2 Å². The summed E-state index contributed by atoms with van der Waals surface area (Å²) in [6.07, 6.45) is -4.54. The van der Waals surface area contributed by atoms with Gasteiger partial charge in [-0.15, -0.1) is 12.4 Å². The first-order valence-electron chi connectivity index (χ1n) is 7.41. The van der Waals surface area contributed by atoms with Crippen LogP contribution >= 0.6 is 12.4 Å². The molecule has 1 heterocycles. The van der Waals surface area contributed by atoms with Crippen LogP contribution in [0.2, 0.25) is 0 Å². The minimum Gasteiger partial charge on any atom is -0.314 e. The molecule has 0 saturated carbocycles. The predicted molar refractivity (Wildman–Crippen MR) is 85.3 cm³/mol. The fourth-order valence-corrected chi connectivity index (χ4v) is 3.13. The second-order valence-corrected chi connectivity index (χ2v) is 6.83. The lowest BCUT2D eigenvalue weighted by molar-refractivity contribution is -0.137. The van der Waals surface area contributed by atoms with E-state index in [1.54, 1.807) is 0 Å². The van der Waals surface area contributed by atoms with Gasteiger partial charge in [-0.3, -0.25) is 4.90 Å². The van der Waals surface area contributed by atoms with Crippen molar-refractivity contribution in [2.75, 3.05) is 26.2 Å². The van der Waals surface area contributed by atoms with Crippen molar-refractivity contribution in [1.29, 1.82) is 0 Å². The lowest BCUT2D eigenvalue weighted by Gasteiger charge is -2.42. The molecule has 0 unspecified atom stereocenters. The maximum Gasteiger partial charge on any atom is 0.416 e. The third-order valence-electron chi connectivity index (χ3n) is 3.90. The maximum atomic E-state index is 13.7. The van der Waals surface area contributed by atoms with Gasteiger partial charge in [0.05, 0.1) is 5.56 Å². The van der Waals surface area contributed by atoms with E-state index in [0.29, 0.717) is 11.6 Å². The van der Waals surface area contributed by atoms with E-state index in [1.807, 2.05) is 20.8 Å². The van der Waals surface area contributed by atoms with Crippen LogP contribution in [0.4, 0.5) is 17.6 Å². The minimum atomic E-state index is -4.54. The molecule has 1 aliphatic rings. The molecule has 0 aromatic heterocycles. The van der Waals surface area contributed by atoms with Crippen LogP contribution in [0, 0.1) is 11.2 Å². The molecule has 2 nitrogen and oxygen atoms in total. The second-order valence-electron chi connectivity index (χ2n) is 6.83. The van der Waals surface area contributed by atoms with Crippen LogP contribution in [-0.2, 0) is 6.18 Å². The smallest absolute Gasteiger partial charge is 0.314 e. The summed E-state index contributed by atoms with van der Waals surface area (Å²) in [5, 5.41) is 3.22. The van der Waals surface area contributed by atoms with Crippen LogP contribution in [0.1, 0.15) is 37.9 Å². The lowest BCUT2D eigenvalue weighted by Crippen LogP contribution is -2.48. The molecule has 1 aliphatic heterocycles. The van der Waals surface area contributed by atoms with Crippen molar-refractivity contribution in [3.63, 3.8) is 0 Å². The van der Waals surface area contributed by atoms with E-state index in [9.17, 15) is 17.6 Å². The van der Waals surface area contributed by atoms with Crippen molar-refractivity contribution in [3.8, 4) is 0 Å². The number of nitrogens with zero attached hydrogens (tertiary/aromatic N) is 1. The first kappa shape index (κ1) is 20.2. The molecule has 1 aromatic carbocycles. The molecule has 132 valence electrons. The molecule has 0 amide bonds. The van der Waals surface area contributed by atoms with E-state index in [4.69, 9.17) is 0 Å². The molecule has 23 heavy (non-hydrogen) atoms. The average Bonchev–Trinajstić information content (AvgIpc) is 2.36. The van der Waals surface area contributed by atoms with Crippen molar-refractivity contribution >= 4 is 12.4 Å². The van der Waals surface area contributed by atoms with Crippen molar-refractivity contribution in [2.45, 2.75) is 33.0 Å². The predicted octanol–water partition coefficient (Wildman–Crippen LogP) is 4.26. The summed E-state index contributed by atoms with van der Waals surface area (Å²) in [7, 11) is 0. The molecule has 1 fully saturated rings. The van der Waals surface area contributed by atoms with Crippen LogP contribution in [0.25, 0.3) is 0 Å². The zero-order valence-corrected chi connectivity index (χ0v) is 14.3. The Morgan fingerprint density at radius 2 is 1.61 bits per heavy atom. The van der Waals surface area contributed by atoms with E-state index < -0.39 is 17.6 Å². The van der Waals surface area contributed by atoms with Gasteiger partial charge in [-0.05, 0) is 29.2 Å². The monoisotopic (exact) mass is 354 g/mol. The van der Waals surface area contributed by atoms with Gasteiger partial charge in [-0.1, -0.05) is 20.8 Å². The van der Waals surface area contributed by atoms with E-state index >= 15 is 0 Å². The van der Waals surface area contributed by atoms with E-state index in [2.05, 4.69) is 10.2 Å². The number of hydrogen-bond donors (Lipinski definition) is 1. The van der Waals surface area contributed by atoms with Gasteiger partial charge in [-0.25, -0.2) is 4.39 Å². The molecule has 2 rings (SSSR count). The highest BCUT2D eigenvalue weighted by Crippen LogP contribution is 2.40. The number of benzene rings is 1. The number of alkyl halides is 3. The van der Waals surface area contributed by atoms with Gasteiger partial charge in [0, 0.05) is 32.2 Å². The summed E-state index contributed by atoms with van der Waals surface area (Å²) in [4.78, 5) is 2.13. The normalized spacial score (nSPS) is 18.4. The number of hydrogen-bond acceptors (Lipinski definition) is 2. The molecular weight excluding hydrogens is 332 g/mol. The number of rotatable bonds is 2. The molecule has 0 aliphatic carbocycles. The molecular formula is C16H23ClF4N2. The first-order chi connectivity index (χ1) is 10.1. The molecule has 7 heteroatoms. The summed E-state index contributed by atoms with van der Waals surface area (Å²) in [6.45, 7) is 8.95.